The van der Waals surface area contributed by atoms with Gasteiger partial charge < -0.3 is 4.74 Å². The molecule has 1 saturated heterocycles. The molecule has 0 bridgehead atoms. The lowest BCUT2D eigenvalue weighted by molar-refractivity contribution is -0.122. The zero-order valence-corrected chi connectivity index (χ0v) is 17.7. The van der Waals surface area contributed by atoms with Crippen molar-refractivity contribution in [3.63, 3.8) is 0 Å². The molecule has 2 aliphatic rings. The molecule has 0 aromatic heterocycles. The van der Waals surface area contributed by atoms with Crippen molar-refractivity contribution in [1.82, 2.24) is 0 Å². The molecule has 0 unspecified atom stereocenters. The number of fused-ring (bicyclic) bond motifs is 1. The molecule has 0 spiro atoms. The van der Waals surface area contributed by atoms with Gasteiger partial charge >= 0.3 is 0 Å². The summed E-state index contributed by atoms with van der Waals surface area (Å²) in [5.74, 6) is -0.146. The van der Waals surface area contributed by atoms with Crippen LogP contribution in [0.4, 0.5) is 5.69 Å². The minimum Gasteiger partial charge on any atom is -0.483 e. The molecule has 0 N–H and O–H groups in total. The van der Waals surface area contributed by atoms with Gasteiger partial charge in [0.15, 0.2) is 12.4 Å². The summed E-state index contributed by atoms with van der Waals surface area (Å²) in [4.78, 5) is 39.7. The summed E-state index contributed by atoms with van der Waals surface area (Å²) in [6.07, 6.45) is 2.46. The van der Waals surface area contributed by atoms with E-state index < -0.39 is 0 Å². The molecule has 2 fully saturated rings. The Balaban J connectivity index is 1.54. The van der Waals surface area contributed by atoms with Gasteiger partial charge in [-0.15, -0.1) is 0 Å². The molecule has 1 aliphatic heterocycles. The van der Waals surface area contributed by atoms with Gasteiger partial charge in [0.05, 0.1) is 17.5 Å². The second-order valence-corrected chi connectivity index (χ2v) is 8.75. The van der Waals surface area contributed by atoms with E-state index in [9.17, 15) is 14.4 Å². The number of halogens is 1. The maximum absolute atomic E-state index is 13.0. The van der Waals surface area contributed by atoms with Crippen molar-refractivity contribution in [3.8, 4) is 5.75 Å². The number of carbonyl (C=O) groups is 3. The van der Waals surface area contributed by atoms with Gasteiger partial charge in [-0.3, -0.25) is 14.4 Å². The topological polar surface area (TPSA) is 63.7 Å². The summed E-state index contributed by atoms with van der Waals surface area (Å²) in [5.41, 5.74) is 0.965. The number of rotatable bonds is 5. The number of Topliss-reactive ketones (excluding diaryl/α,β-unsaturated/α-hetero) is 1. The van der Waals surface area contributed by atoms with Crippen LogP contribution in [0.25, 0.3) is 0 Å². The summed E-state index contributed by atoms with van der Waals surface area (Å²) in [6, 6.07) is 14.0. The van der Waals surface area contributed by atoms with Crippen molar-refractivity contribution in [1.29, 1.82) is 0 Å². The van der Waals surface area contributed by atoms with Crippen molar-refractivity contribution in [2.24, 2.45) is 17.8 Å². The number of nitrogens with zero attached hydrogens (tertiary/aromatic N) is 1. The molecule has 5 nitrogen and oxygen atoms in total. The van der Waals surface area contributed by atoms with Gasteiger partial charge in [0.1, 0.15) is 5.75 Å². The lowest BCUT2D eigenvalue weighted by atomic mass is 9.76. The Morgan fingerprint density at radius 2 is 1.72 bits per heavy atom. The normalized spacial score (nSPS) is 23.8. The predicted octanol–water partition coefficient (Wildman–Crippen LogP) is 4.64. The highest BCUT2D eigenvalue weighted by Crippen LogP contribution is 2.44. The zero-order chi connectivity index (χ0) is 20.5. The van der Waals surface area contributed by atoms with Crippen molar-refractivity contribution < 1.29 is 19.1 Å². The highest BCUT2D eigenvalue weighted by atomic mass is 79.9. The third-order valence-electron chi connectivity index (χ3n) is 5.82. The van der Waals surface area contributed by atoms with E-state index in [4.69, 9.17) is 4.74 Å². The molecule has 4 rings (SSSR count). The van der Waals surface area contributed by atoms with E-state index in [0.29, 0.717) is 22.9 Å². The first-order chi connectivity index (χ1) is 14.0. The molecule has 2 aromatic rings. The molecule has 3 atom stereocenters. The van der Waals surface area contributed by atoms with E-state index in [0.717, 1.165) is 23.7 Å². The van der Waals surface area contributed by atoms with Gasteiger partial charge in [-0.2, -0.15) is 0 Å². The van der Waals surface area contributed by atoms with E-state index in [2.05, 4.69) is 22.9 Å². The van der Waals surface area contributed by atoms with E-state index in [1.165, 1.54) is 4.90 Å². The Kier molecular flexibility index (Phi) is 5.54. The fourth-order valence-electron chi connectivity index (χ4n) is 4.25. The molecule has 2 aromatic carbocycles. The molecule has 1 saturated carbocycles. The van der Waals surface area contributed by atoms with Gasteiger partial charge in [-0.05, 0) is 49.4 Å². The Morgan fingerprint density at radius 1 is 1.03 bits per heavy atom. The molecule has 0 radical (unpaired) electrons. The van der Waals surface area contributed by atoms with Gasteiger partial charge in [-0.1, -0.05) is 47.1 Å². The summed E-state index contributed by atoms with van der Waals surface area (Å²) in [7, 11) is 0. The molecule has 2 amide bonds. The monoisotopic (exact) mass is 455 g/mol. The van der Waals surface area contributed by atoms with E-state index in [1.54, 1.807) is 48.5 Å². The van der Waals surface area contributed by atoms with Crippen molar-refractivity contribution in [3.05, 3.63) is 58.6 Å². The van der Waals surface area contributed by atoms with Crippen LogP contribution in [0.5, 0.6) is 5.75 Å². The summed E-state index contributed by atoms with van der Waals surface area (Å²) in [6.45, 7) is 1.96. The number of anilines is 1. The third-order valence-corrected chi connectivity index (χ3v) is 6.35. The number of hydrogen-bond donors (Lipinski definition) is 0. The Morgan fingerprint density at radius 3 is 2.48 bits per heavy atom. The van der Waals surface area contributed by atoms with Crippen LogP contribution in [-0.2, 0) is 9.59 Å². The van der Waals surface area contributed by atoms with E-state index >= 15 is 0 Å². The van der Waals surface area contributed by atoms with Crippen molar-refractivity contribution >= 4 is 39.2 Å². The van der Waals surface area contributed by atoms with Crippen LogP contribution >= 0.6 is 15.9 Å². The predicted molar refractivity (Wildman–Crippen MR) is 113 cm³/mol. The summed E-state index contributed by atoms with van der Waals surface area (Å²) < 4.78 is 6.65. The first-order valence-corrected chi connectivity index (χ1v) is 10.6. The van der Waals surface area contributed by atoms with Gasteiger partial charge in [0.25, 0.3) is 0 Å². The first-order valence-electron chi connectivity index (χ1n) is 9.84. The maximum Gasteiger partial charge on any atom is 0.237 e. The summed E-state index contributed by atoms with van der Waals surface area (Å²) in [5, 5.41) is 0. The molecular formula is C23H22BrNO4. The number of ether oxygens (including phenoxy) is 1. The van der Waals surface area contributed by atoms with Crippen LogP contribution in [0.3, 0.4) is 0 Å². The lowest BCUT2D eigenvalue weighted by Gasteiger charge is -2.25. The van der Waals surface area contributed by atoms with Gasteiger partial charge in [0.2, 0.25) is 11.8 Å². The van der Waals surface area contributed by atoms with Crippen LogP contribution < -0.4 is 9.64 Å². The average molecular weight is 456 g/mol. The molecule has 1 heterocycles. The number of para-hydroxylation sites is 2. The maximum atomic E-state index is 13.0. The van der Waals surface area contributed by atoms with Crippen LogP contribution in [0.1, 0.15) is 36.5 Å². The zero-order valence-electron chi connectivity index (χ0n) is 16.1. The van der Waals surface area contributed by atoms with Crippen molar-refractivity contribution in [2.45, 2.75) is 26.2 Å². The average Bonchev–Trinajstić information content (AvgIpc) is 2.96. The Labute approximate surface area is 178 Å². The smallest absolute Gasteiger partial charge is 0.237 e. The standard InChI is InChI=1S/C23H22BrNO4/c1-14-6-11-17-18(12-14)23(28)25(22(17)27)19-4-2-3-5-21(19)29-13-20(26)15-7-9-16(24)10-8-15/h2-5,7-10,14,17-18H,6,11-13H2,1H3/t14-,17-,18+/m1/s1. The number of carbonyl (C=O) groups excluding carboxylic acids is 3. The summed E-state index contributed by atoms with van der Waals surface area (Å²) >= 11 is 3.35. The number of benzene rings is 2. The van der Waals surface area contributed by atoms with Crippen LogP contribution in [0.2, 0.25) is 0 Å². The molecule has 1 aliphatic carbocycles. The Bertz CT molecular complexity index is 956. The lowest BCUT2D eigenvalue weighted by Crippen LogP contribution is -2.31. The highest BCUT2D eigenvalue weighted by Gasteiger charge is 2.50. The van der Waals surface area contributed by atoms with Crippen LogP contribution in [0, 0.1) is 17.8 Å². The molecular weight excluding hydrogens is 434 g/mol. The van der Waals surface area contributed by atoms with E-state index in [-0.39, 0.29) is 36.0 Å². The van der Waals surface area contributed by atoms with E-state index in [1.807, 2.05) is 0 Å². The number of amides is 2. The fraction of sp³-hybridized carbons (Fsp3) is 0.348. The fourth-order valence-corrected chi connectivity index (χ4v) is 4.52. The third kappa shape index (κ3) is 3.86. The van der Waals surface area contributed by atoms with Crippen LogP contribution in [-0.4, -0.2) is 24.2 Å². The number of imide groups is 1. The SMILES string of the molecule is C[C@@H]1CC[C@H]2C(=O)N(c3ccccc3OCC(=O)c3ccc(Br)cc3)C(=O)[C@H]2C1. The second kappa shape index (κ2) is 8.11. The van der Waals surface area contributed by atoms with Crippen LogP contribution in [0.15, 0.2) is 53.0 Å². The number of ketones is 1. The Hall–Kier alpha value is -2.47. The quantitative estimate of drug-likeness (QED) is 0.486. The molecule has 150 valence electrons. The largest absolute Gasteiger partial charge is 0.483 e. The van der Waals surface area contributed by atoms with Gasteiger partial charge in [0, 0.05) is 10.0 Å². The minimum absolute atomic E-state index is 0.151. The number of hydrogen-bond acceptors (Lipinski definition) is 4. The molecule has 29 heavy (non-hydrogen) atoms. The minimum atomic E-state index is -0.247. The van der Waals surface area contributed by atoms with Crippen molar-refractivity contribution in [2.75, 3.05) is 11.5 Å². The van der Waals surface area contributed by atoms with Gasteiger partial charge in [-0.25, -0.2) is 4.90 Å². The highest BCUT2D eigenvalue weighted by molar-refractivity contribution is 9.10. The molecule has 6 heteroatoms. The second-order valence-electron chi connectivity index (χ2n) is 7.83. The first kappa shape index (κ1) is 19.8.